The Hall–Kier alpha value is -1.44. The summed E-state index contributed by atoms with van der Waals surface area (Å²) in [5.74, 6) is 0.0113. The van der Waals surface area contributed by atoms with Crippen LogP contribution in [0, 0.1) is 0 Å². The molecule has 1 aromatic carbocycles. The summed E-state index contributed by atoms with van der Waals surface area (Å²) in [7, 11) is -0.461. The largest absolute Gasteiger partial charge is 0.334 e. The summed E-state index contributed by atoms with van der Waals surface area (Å²) < 4.78 is 27.4. The minimum absolute atomic E-state index is 0.0113. The molecule has 1 atom stereocenters. The normalized spacial score (nSPS) is 20.8. The highest BCUT2D eigenvalue weighted by atomic mass is 32.2. The molecule has 1 aromatic rings. The van der Waals surface area contributed by atoms with Crippen molar-refractivity contribution < 1.29 is 13.2 Å². The Labute approximate surface area is 138 Å². The zero-order valence-corrected chi connectivity index (χ0v) is 14.8. The highest BCUT2D eigenvalue weighted by molar-refractivity contribution is 7.86. The van der Waals surface area contributed by atoms with Gasteiger partial charge in [-0.15, -0.1) is 0 Å². The lowest BCUT2D eigenvalue weighted by atomic mass is 10.1. The van der Waals surface area contributed by atoms with Gasteiger partial charge in [-0.1, -0.05) is 37.3 Å². The van der Waals surface area contributed by atoms with Gasteiger partial charge in [0.2, 0.25) is 5.91 Å². The number of carbonyl (C=O) groups is 1. The van der Waals surface area contributed by atoms with E-state index in [1.54, 1.807) is 0 Å². The number of hydrogen-bond acceptors (Lipinski definition) is 3. The molecule has 0 unspecified atom stereocenters. The first-order valence-electron chi connectivity index (χ1n) is 7.87. The van der Waals surface area contributed by atoms with Crippen LogP contribution in [0.3, 0.4) is 0 Å². The third-order valence-corrected chi connectivity index (χ3v) is 6.11. The highest BCUT2D eigenvalue weighted by Gasteiger charge is 2.34. The number of hydrogen-bond donors (Lipinski definition) is 0. The van der Waals surface area contributed by atoms with Crippen molar-refractivity contribution in [3.05, 3.63) is 35.9 Å². The molecule has 1 amide bonds. The molecule has 0 saturated carbocycles. The van der Waals surface area contributed by atoms with Crippen LogP contribution in [-0.2, 0) is 21.5 Å². The fourth-order valence-corrected chi connectivity index (χ4v) is 3.92. The van der Waals surface area contributed by atoms with Crippen molar-refractivity contribution in [2.75, 3.05) is 27.2 Å². The van der Waals surface area contributed by atoms with Crippen LogP contribution in [0.1, 0.15) is 25.3 Å². The maximum Gasteiger partial charge on any atom is 0.281 e. The lowest BCUT2D eigenvalue weighted by molar-refractivity contribution is -0.133. The molecule has 128 valence electrons. The lowest BCUT2D eigenvalue weighted by Crippen LogP contribution is -2.46. The summed E-state index contributed by atoms with van der Waals surface area (Å²) in [6.07, 6.45) is 0.939. The molecule has 6 nitrogen and oxygen atoms in total. The average Bonchev–Trinajstić information content (AvgIpc) is 2.68. The van der Waals surface area contributed by atoms with Gasteiger partial charge in [-0.05, 0) is 12.0 Å². The van der Waals surface area contributed by atoms with Crippen molar-refractivity contribution in [1.82, 2.24) is 13.5 Å². The van der Waals surface area contributed by atoms with Crippen LogP contribution >= 0.6 is 0 Å². The van der Waals surface area contributed by atoms with E-state index >= 15 is 0 Å². The first kappa shape index (κ1) is 17.9. The van der Waals surface area contributed by atoms with Crippen molar-refractivity contribution in [3.8, 4) is 0 Å². The Bertz CT molecular complexity index is 631. The molecule has 0 radical (unpaired) electrons. The molecule has 1 aliphatic rings. The van der Waals surface area contributed by atoms with Crippen molar-refractivity contribution in [3.63, 3.8) is 0 Å². The standard InChI is InChI=1S/C16H25N3O3S/c1-4-15-13-18(23(21,22)17(2)3)11-10-16(20)19(15)12-14-8-6-5-7-9-14/h5-9,15H,4,10-13H2,1-3H3/t15-/m1/s1. The first-order valence-corrected chi connectivity index (χ1v) is 9.27. The second-order valence-electron chi connectivity index (χ2n) is 5.97. The number of benzene rings is 1. The molecule has 0 N–H and O–H groups in total. The SMILES string of the molecule is CC[C@@H]1CN(S(=O)(=O)N(C)C)CCC(=O)N1Cc1ccccc1. The monoisotopic (exact) mass is 339 g/mol. The van der Waals surface area contributed by atoms with E-state index in [1.165, 1.54) is 22.7 Å². The fraction of sp³-hybridized carbons (Fsp3) is 0.562. The second kappa shape index (κ2) is 7.42. The van der Waals surface area contributed by atoms with E-state index in [2.05, 4.69) is 0 Å². The molecule has 2 rings (SSSR count). The van der Waals surface area contributed by atoms with Crippen molar-refractivity contribution in [1.29, 1.82) is 0 Å². The van der Waals surface area contributed by atoms with Gasteiger partial charge < -0.3 is 4.90 Å². The van der Waals surface area contributed by atoms with Crippen LogP contribution in [0.5, 0.6) is 0 Å². The number of rotatable bonds is 5. The molecular weight excluding hydrogens is 314 g/mol. The van der Waals surface area contributed by atoms with Gasteiger partial charge in [0.25, 0.3) is 10.2 Å². The number of nitrogens with zero attached hydrogens (tertiary/aromatic N) is 3. The lowest BCUT2D eigenvalue weighted by Gasteiger charge is -2.31. The van der Waals surface area contributed by atoms with Gasteiger partial charge in [-0.3, -0.25) is 4.79 Å². The van der Waals surface area contributed by atoms with Gasteiger partial charge in [-0.2, -0.15) is 17.0 Å². The van der Waals surface area contributed by atoms with Crippen molar-refractivity contribution in [2.45, 2.75) is 32.4 Å². The quantitative estimate of drug-likeness (QED) is 0.812. The fourth-order valence-electron chi connectivity index (χ4n) is 2.78. The molecule has 1 saturated heterocycles. The summed E-state index contributed by atoms with van der Waals surface area (Å²) in [5.41, 5.74) is 1.06. The topological polar surface area (TPSA) is 60.9 Å². The molecular formula is C16H25N3O3S. The summed E-state index contributed by atoms with van der Waals surface area (Å²) in [6.45, 7) is 3.09. The van der Waals surface area contributed by atoms with Crippen molar-refractivity contribution in [2.24, 2.45) is 0 Å². The zero-order valence-electron chi connectivity index (χ0n) is 14.0. The predicted molar refractivity (Wildman–Crippen MR) is 89.9 cm³/mol. The van der Waals surface area contributed by atoms with Gasteiger partial charge in [-0.25, -0.2) is 0 Å². The van der Waals surface area contributed by atoms with Crippen LogP contribution in [0.2, 0.25) is 0 Å². The molecule has 0 aliphatic carbocycles. The Balaban J connectivity index is 2.22. The number of amides is 1. The molecule has 0 aromatic heterocycles. The second-order valence-corrected chi connectivity index (χ2v) is 8.11. The molecule has 1 fully saturated rings. The number of carbonyl (C=O) groups excluding carboxylic acids is 1. The summed E-state index contributed by atoms with van der Waals surface area (Å²) in [5, 5.41) is 0. The van der Waals surface area contributed by atoms with Crippen LogP contribution < -0.4 is 0 Å². The van der Waals surface area contributed by atoms with E-state index < -0.39 is 10.2 Å². The Morgan fingerprint density at radius 2 is 1.87 bits per heavy atom. The van der Waals surface area contributed by atoms with E-state index in [4.69, 9.17) is 0 Å². The van der Waals surface area contributed by atoms with E-state index in [1.807, 2.05) is 42.2 Å². The average molecular weight is 339 g/mol. The van der Waals surface area contributed by atoms with Gasteiger partial charge in [0.05, 0.1) is 0 Å². The van der Waals surface area contributed by atoms with Crippen LogP contribution in [0.15, 0.2) is 30.3 Å². The van der Waals surface area contributed by atoms with Crippen LogP contribution in [-0.4, -0.2) is 61.1 Å². The zero-order chi connectivity index (χ0) is 17.0. The molecule has 7 heteroatoms. The summed E-state index contributed by atoms with van der Waals surface area (Å²) in [6, 6.07) is 9.69. The van der Waals surface area contributed by atoms with Gasteiger partial charge in [0, 0.05) is 46.2 Å². The Morgan fingerprint density at radius 3 is 2.43 bits per heavy atom. The summed E-state index contributed by atoms with van der Waals surface area (Å²) in [4.78, 5) is 14.3. The maximum absolute atomic E-state index is 12.5. The van der Waals surface area contributed by atoms with Gasteiger partial charge >= 0.3 is 0 Å². The minimum atomic E-state index is -3.50. The third kappa shape index (κ3) is 4.10. The van der Waals surface area contributed by atoms with Gasteiger partial charge in [0.1, 0.15) is 0 Å². The predicted octanol–water partition coefficient (Wildman–Crippen LogP) is 1.31. The minimum Gasteiger partial charge on any atom is -0.334 e. The van der Waals surface area contributed by atoms with E-state index in [9.17, 15) is 13.2 Å². The third-order valence-electron chi connectivity index (χ3n) is 4.21. The van der Waals surface area contributed by atoms with Crippen molar-refractivity contribution >= 4 is 16.1 Å². The molecule has 1 aliphatic heterocycles. The Kier molecular flexibility index (Phi) is 5.78. The molecule has 0 spiro atoms. The molecule has 23 heavy (non-hydrogen) atoms. The van der Waals surface area contributed by atoms with Crippen LogP contribution in [0.4, 0.5) is 0 Å². The van der Waals surface area contributed by atoms with E-state index in [-0.39, 0.29) is 24.9 Å². The van der Waals surface area contributed by atoms with Crippen LogP contribution in [0.25, 0.3) is 0 Å². The van der Waals surface area contributed by atoms with E-state index in [0.29, 0.717) is 13.1 Å². The molecule has 1 heterocycles. The van der Waals surface area contributed by atoms with Gasteiger partial charge in [0.15, 0.2) is 0 Å². The van der Waals surface area contributed by atoms with E-state index in [0.717, 1.165) is 12.0 Å². The Morgan fingerprint density at radius 1 is 1.22 bits per heavy atom. The summed E-state index contributed by atoms with van der Waals surface area (Å²) >= 11 is 0. The first-order chi connectivity index (χ1) is 10.9. The maximum atomic E-state index is 12.5. The smallest absolute Gasteiger partial charge is 0.281 e. The highest BCUT2D eigenvalue weighted by Crippen LogP contribution is 2.20. The molecule has 0 bridgehead atoms.